The van der Waals surface area contributed by atoms with E-state index >= 15 is 0 Å². The SMILES string of the molecule is Fc1ccc(C(Br)C(C(F)(F)F)C(F)(F)F)c(F)c1. The Morgan fingerprint density at radius 2 is 1.37 bits per heavy atom. The standard InChI is InChI=1S/C10H5BrF8/c11-7(5-2-1-4(12)3-6(5)13)8(9(14,15)16)10(17,18)19/h1-3,7-8H. The van der Waals surface area contributed by atoms with Gasteiger partial charge in [0.25, 0.3) is 0 Å². The monoisotopic (exact) mass is 356 g/mol. The molecule has 108 valence electrons. The third-order valence-electron chi connectivity index (χ3n) is 2.26. The molecule has 0 spiro atoms. The Labute approximate surface area is 110 Å². The van der Waals surface area contributed by atoms with E-state index in [1.54, 1.807) is 0 Å². The lowest BCUT2D eigenvalue weighted by molar-refractivity contribution is -0.283. The van der Waals surface area contributed by atoms with Crippen molar-refractivity contribution in [3.63, 3.8) is 0 Å². The third-order valence-corrected chi connectivity index (χ3v) is 3.28. The Bertz CT molecular complexity index is 436. The van der Waals surface area contributed by atoms with Gasteiger partial charge in [-0.2, -0.15) is 26.3 Å². The van der Waals surface area contributed by atoms with Crippen LogP contribution >= 0.6 is 15.9 Å². The van der Waals surface area contributed by atoms with Crippen LogP contribution in [0.2, 0.25) is 0 Å². The fourth-order valence-electron chi connectivity index (χ4n) is 1.42. The molecule has 1 aromatic rings. The van der Waals surface area contributed by atoms with Gasteiger partial charge in [-0.3, -0.25) is 0 Å². The number of rotatable bonds is 2. The van der Waals surface area contributed by atoms with Crippen molar-refractivity contribution < 1.29 is 35.1 Å². The Balaban J connectivity index is 3.24. The van der Waals surface area contributed by atoms with Crippen molar-refractivity contribution in [1.29, 1.82) is 0 Å². The molecule has 0 nitrogen and oxygen atoms in total. The van der Waals surface area contributed by atoms with Crippen LogP contribution in [0.25, 0.3) is 0 Å². The van der Waals surface area contributed by atoms with E-state index in [2.05, 4.69) is 15.9 Å². The molecule has 0 fully saturated rings. The highest BCUT2D eigenvalue weighted by molar-refractivity contribution is 9.09. The first-order valence-electron chi connectivity index (χ1n) is 4.67. The van der Waals surface area contributed by atoms with Gasteiger partial charge < -0.3 is 0 Å². The highest BCUT2D eigenvalue weighted by atomic mass is 79.9. The third kappa shape index (κ3) is 3.80. The highest BCUT2D eigenvalue weighted by Crippen LogP contribution is 2.50. The molecule has 0 aliphatic rings. The molecule has 0 heterocycles. The van der Waals surface area contributed by atoms with E-state index in [0.717, 1.165) is 0 Å². The van der Waals surface area contributed by atoms with E-state index in [0.29, 0.717) is 12.1 Å². The fraction of sp³-hybridized carbons (Fsp3) is 0.400. The Kier molecular flexibility index (Phi) is 4.48. The van der Waals surface area contributed by atoms with Crippen molar-refractivity contribution >= 4 is 15.9 Å². The van der Waals surface area contributed by atoms with Crippen molar-refractivity contribution in [3.05, 3.63) is 35.4 Å². The van der Waals surface area contributed by atoms with Gasteiger partial charge in [-0.15, -0.1) is 0 Å². The van der Waals surface area contributed by atoms with Crippen LogP contribution in [0.5, 0.6) is 0 Å². The second-order valence-electron chi connectivity index (χ2n) is 3.63. The van der Waals surface area contributed by atoms with Crippen LogP contribution in [0, 0.1) is 17.6 Å². The van der Waals surface area contributed by atoms with Gasteiger partial charge in [0.1, 0.15) is 11.6 Å². The Hall–Kier alpha value is -0.860. The van der Waals surface area contributed by atoms with Crippen LogP contribution < -0.4 is 0 Å². The predicted octanol–water partition coefficient (Wildman–Crippen LogP) is 5.14. The topological polar surface area (TPSA) is 0 Å². The maximum absolute atomic E-state index is 13.2. The lowest BCUT2D eigenvalue weighted by atomic mass is 9.97. The highest BCUT2D eigenvalue weighted by Gasteiger charge is 2.60. The molecule has 0 N–H and O–H groups in total. The molecule has 0 aliphatic heterocycles. The van der Waals surface area contributed by atoms with Crippen LogP contribution in [0.3, 0.4) is 0 Å². The van der Waals surface area contributed by atoms with Crippen LogP contribution in [0.15, 0.2) is 18.2 Å². The Morgan fingerprint density at radius 3 is 1.74 bits per heavy atom. The largest absolute Gasteiger partial charge is 0.401 e. The smallest absolute Gasteiger partial charge is 0.207 e. The summed E-state index contributed by atoms with van der Waals surface area (Å²) in [5, 5.41) is 0. The maximum Gasteiger partial charge on any atom is 0.401 e. The summed E-state index contributed by atoms with van der Waals surface area (Å²) in [5.74, 6) is -6.38. The first-order valence-corrected chi connectivity index (χ1v) is 5.58. The zero-order chi connectivity index (χ0) is 15.0. The summed E-state index contributed by atoms with van der Waals surface area (Å²) in [6, 6.07) is 1.33. The molecule has 0 amide bonds. The molecule has 0 bridgehead atoms. The van der Waals surface area contributed by atoms with Crippen molar-refractivity contribution in [1.82, 2.24) is 0 Å². The van der Waals surface area contributed by atoms with Crippen LogP contribution in [-0.4, -0.2) is 12.4 Å². The minimum Gasteiger partial charge on any atom is -0.207 e. The number of alkyl halides is 7. The van der Waals surface area contributed by atoms with Gasteiger partial charge >= 0.3 is 12.4 Å². The van der Waals surface area contributed by atoms with Gasteiger partial charge in [0.05, 0.1) is 4.83 Å². The average molecular weight is 357 g/mol. The molecule has 1 rings (SSSR count). The maximum atomic E-state index is 13.2. The summed E-state index contributed by atoms with van der Waals surface area (Å²) in [7, 11) is 0. The second kappa shape index (κ2) is 5.26. The zero-order valence-electron chi connectivity index (χ0n) is 8.79. The average Bonchev–Trinajstić information content (AvgIpc) is 2.11. The van der Waals surface area contributed by atoms with Crippen LogP contribution in [0.4, 0.5) is 35.1 Å². The quantitative estimate of drug-likeness (QED) is 0.508. The number of halogens is 9. The van der Waals surface area contributed by atoms with Gasteiger partial charge in [0, 0.05) is 11.6 Å². The molecule has 1 atom stereocenters. The first-order chi connectivity index (χ1) is 8.44. The molecule has 1 aromatic carbocycles. The molecule has 1 unspecified atom stereocenters. The number of hydrogen-bond donors (Lipinski definition) is 0. The molecule has 0 aromatic heterocycles. The normalized spacial score (nSPS) is 14.8. The Morgan fingerprint density at radius 1 is 0.895 bits per heavy atom. The van der Waals surface area contributed by atoms with E-state index in [1.165, 1.54) is 0 Å². The van der Waals surface area contributed by atoms with Gasteiger partial charge in [-0.1, -0.05) is 22.0 Å². The summed E-state index contributed by atoms with van der Waals surface area (Å²) in [4.78, 5) is -2.40. The minimum atomic E-state index is -5.62. The number of hydrogen-bond acceptors (Lipinski definition) is 0. The van der Waals surface area contributed by atoms with E-state index < -0.39 is 40.3 Å². The first kappa shape index (κ1) is 16.2. The molecule has 0 saturated carbocycles. The fourth-order valence-corrected chi connectivity index (χ4v) is 2.39. The lowest BCUT2D eigenvalue weighted by Crippen LogP contribution is -2.39. The predicted molar refractivity (Wildman–Crippen MR) is 53.6 cm³/mol. The van der Waals surface area contributed by atoms with E-state index in [1.807, 2.05) is 0 Å². The second-order valence-corrected chi connectivity index (χ2v) is 4.61. The molecule has 0 radical (unpaired) electrons. The van der Waals surface area contributed by atoms with Gasteiger partial charge in [-0.05, 0) is 6.07 Å². The van der Waals surface area contributed by atoms with Crippen molar-refractivity contribution in [3.8, 4) is 0 Å². The number of benzene rings is 1. The summed E-state index contributed by atoms with van der Waals surface area (Å²) in [6.07, 6.45) is -11.2. The summed E-state index contributed by atoms with van der Waals surface area (Å²) < 4.78 is 100. The molecule has 19 heavy (non-hydrogen) atoms. The summed E-state index contributed by atoms with van der Waals surface area (Å²) in [6.45, 7) is 0. The summed E-state index contributed by atoms with van der Waals surface area (Å²) in [5.41, 5.74) is -0.916. The van der Waals surface area contributed by atoms with Crippen molar-refractivity contribution in [2.24, 2.45) is 5.92 Å². The molecule has 0 saturated heterocycles. The van der Waals surface area contributed by atoms with E-state index in [4.69, 9.17) is 0 Å². The zero-order valence-corrected chi connectivity index (χ0v) is 10.4. The van der Waals surface area contributed by atoms with E-state index in [9.17, 15) is 35.1 Å². The van der Waals surface area contributed by atoms with Crippen LogP contribution in [0.1, 0.15) is 10.4 Å². The van der Waals surface area contributed by atoms with E-state index in [-0.39, 0.29) is 6.07 Å². The van der Waals surface area contributed by atoms with Gasteiger partial charge in [-0.25, -0.2) is 8.78 Å². The molecular weight excluding hydrogens is 352 g/mol. The van der Waals surface area contributed by atoms with Gasteiger partial charge in [0.2, 0.25) is 0 Å². The molecule has 9 heteroatoms. The van der Waals surface area contributed by atoms with Crippen molar-refractivity contribution in [2.45, 2.75) is 17.2 Å². The van der Waals surface area contributed by atoms with Crippen molar-refractivity contribution in [2.75, 3.05) is 0 Å². The molecule has 0 aliphatic carbocycles. The molecular formula is C10H5BrF8. The van der Waals surface area contributed by atoms with Gasteiger partial charge in [0.15, 0.2) is 5.92 Å². The summed E-state index contributed by atoms with van der Waals surface area (Å²) >= 11 is 2.20. The minimum absolute atomic E-state index is 0.216. The van der Waals surface area contributed by atoms with Crippen LogP contribution in [-0.2, 0) is 0 Å². The lowest BCUT2D eigenvalue weighted by Gasteiger charge is -2.27.